The van der Waals surface area contributed by atoms with E-state index in [4.69, 9.17) is 23.9 Å². The van der Waals surface area contributed by atoms with E-state index in [-0.39, 0.29) is 29.3 Å². The lowest BCUT2D eigenvalue weighted by atomic mass is 10.1. The van der Waals surface area contributed by atoms with Crippen LogP contribution in [-0.4, -0.2) is 52.0 Å². The van der Waals surface area contributed by atoms with E-state index in [1.807, 2.05) is 6.07 Å². The predicted molar refractivity (Wildman–Crippen MR) is 213 cm³/mol. The average molecular weight is 803 g/mol. The van der Waals surface area contributed by atoms with Crippen molar-refractivity contribution >= 4 is 43.6 Å². The Morgan fingerprint density at radius 1 is 0.684 bits per heavy atom. The van der Waals surface area contributed by atoms with Crippen LogP contribution in [0.2, 0.25) is 0 Å². The summed E-state index contributed by atoms with van der Waals surface area (Å²) in [4.78, 5) is 53.2. The molecule has 4 aromatic rings. The van der Waals surface area contributed by atoms with Crippen molar-refractivity contribution in [2.45, 2.75) is 71.1 Å². The molecule has 4 aromatic carbocycles. The van der Waals surface area contributed by atoms with E-state index in [2.05, 4.69) is 21.3 Å². The van der Waals surface area contributed by atoms with E-state index in [0.717, 1.165) is 10.5 Å². The summed E-state index contributed by atoms with van der Waals surface area (Å²) >= 11 is 0. The van der Waals surface area contributed by atoms with Gasteiger partial charge in [-0.15, -0.1) is 0 Å². The van der Waals surface area contributed by atoms with Gasteiger partial charge in [-0.3, -0.25) is 16.0 Å². The van der Waals surface area contributed by atoms with Crippen LogP contribution in [0.15, 0.2) is 115 Å². The predicted octanol–water partition coefficient (Wildman–Crippen LogP) is 8.20. The SMILES string of the molecule is CC(C)(C)OC(=O)NC(=N)N(C(=O)OC(C)(C)C)c1ccc(CC(NC(=O)O)(NC(=O)NCc2ccccc2)P(=O)(Oc2ccccc2)Oc2ccccc2)cc1. The molecule has 4 rings (SSSR count). The van der Waals surface area contributed by atoms with Crippen LogP contribution in [0.5, 0.6) is 11.5 Å². The number of carboxylic acid groups (broad SMARTS) is 1. The third-order valence-electron chi connectivity index (χ3n) is 7.41. The summed E-state index contributed by atoms with van der Waals surface area (Å²) < 4.78 is 38.4. The number of ether oxygens (including phenoxy) is 2. The first-order valence-electron chi connectivity index (χ1n) is 17.7. The fraction of sp³-hybridized carbons (Fsp3) is 0.275. The van der Waals surface area contributed by atoms with Crippen LogP contribution in [0, 0.1) is 5.41 Å². The highest BCUT2D eigenvalue weighted by molar-refractivity contribution is 7.56. The minimum atomic E-state index is -4.94. The van der Waals surface area contributed by atoms with Crippen molar-refractivity contribution in [1.29, 1.82) is 5.41 Å². The highest BCUT2D eigenvalue weighted by Crippen LogP contribution is 2.58. The third kappa shape index (κ3) is 13.0. The summed E-state index contributed by atoms with van der Waals surface area (Å²) in [6, 6.07) is 29.4. The highest BCUT2D eigenvalue weighted by atomic mass is 31.2. The molecule has 5 amide bonds. The van der Waals surface area contributed by atoms with Crippen molar-refractivity contribution in [2.75, 3.05) is 4.90 Å². The number of nitrogens with zero attached hydrogens (tertiary/aromatic N) is 1. The fourth-order valence-corrected chi connectivity index (χ4v) is 7.10. The lowest BCUT2D eigenvalue weighted by molar-refractivity contribution is 0.0558. The number of para-hydroxylation sites is 2. The van der Waals surface area contributed by atoms with Gasteiger partial charge in [0.1, 0.15) is 22.7 Å². The number of hydrogen-bond acceptors (Lipinski definition) is 10. The standard InChI is InChI=1S/C40H47N6O10P/c1-38(2,3)53-36(50)43-33(41)46(37(51)54-39(4,5)6)30-24-22-28(23-25-30)26-40(45-35(48)49,44-34(47)42-27-29-16-10-7-11-17-29)57(52,55-31-18-12-8-13-19-31)56-32-20-14-9-15-21-32/h7-25,45H,26-27H2,1-6H3,(H,48,49)(H2,41,43,50)(H2,42,44,47). The Balaban J connectivity index is 1.81. The first-order chi connectivity index (χ1) is 26.8. The van der Waals surface area contributed by atoms with E-state index < -0.39 is 60.9 Å². The molecule has 0 aliphatic carbocycles. The quantitative estimate of drug-likeness (QED) is 0.0349. The molecule has 0 radical (unpaired) electrons. The molecular formula is C40H47N6O10P. The summed E-state index contributed by atoms with van der Waals surface area (Å²) in [5, 5.41) is 26.1. The second-order valence-corrected chi connectivity index (χ2v) is 16.6. The van der Waals surface area contributed by atoms with Crippen LogP contribution in [0.1, 0.15) is 52.7 Å². The van der Waals surface area contributed by atoms with Crippen LogP contribution < -0.4 is 35.2 Å². The zero-order valence-electron chi connectivity index (χ0n) is 32.4. The molecule has 0 spiro atoms. The highest BCUT2D eigenvalue weighted by Gasteiger charge is 2.57. The number of benzene rings is 4. The molecule has 16 nitrogen and oxygen atoms in total. The van der Waals surface area contributed by atoms with Crippen LogP contribution >= 0.6 is 7.60 Å². The minimum Gasteiger partial charge on any atom is -0.465 e. The second-order valence-electron chi connectivity index (χ2n) is 14.5. The minimum absolute atomic E-state index is 0.0255. The maximum absolute atomic E-state index is 15.4. The Morgan fingerprint density at radius 3 is 1.65 bits per heavy atom. The lowest BCUT2D eigenvalue weighted by Gasteiger charge is -2.39. The van der Waals surface area contributed by atoms with E-state index in [1.54, 1.807) is 102 Å². The number of anilines is 1. The summed E-state index contributed by atoms with van der Waals surface area (Å²) in [7, 11) is -4.94. The molecule has 0 heterocycles. The fourth-order valence-electron chi connectivity index (χ4n) is 5.10. The number of nitrogens with one attached hydrogen (secondary N) is 5. The molecule has 1 atom stereocenters. The first-order valence-corrected chi connectivity index (χ1v) is 19.2. The first kappa shape index (κ1) is 43.2. The van der Waals surface area contributed by atoms with Gasteiger partial charge in [-0.1, -0.05) is 78.9 Å². The van der Waals surface area contributed by atoms with Gasteiger partial charge in [-0.25, -0.2) is 28.6 Å². The summed E-state index contributed by atoms with van der Waals surface area (Å²) in [6.45, 7) is 9.81. The average Bonchev–Trinajstić information content (AvgIpc) is 3.11. The number of carbonyl (C=O) groups excluding carboxylic acids is 3. The van der Waals surface area contributed by atoms with E-state index in [0.29, 0.717) is 0 Å². The van der Waals surface area contributed by atoms with Crippen molar-refractivity contribution in [3.8, 4) is 11.5 Å². The molecule has 302 valence electrons. The molecule has 0 saturated carbocycles. The van der Waals surface area contributed by atoms with Crippen LogP contribution in [0.3, 0.4) is 0 Å². The van der Waals surface area contributed by atoms with Gasteiger partial charge in [0.05, 0.1) is 5.69 Å². The number of rotatable bonds is 12. The second kappa shape index (κ2) is 18.4. The van der Waals surface area contributed by atoms with Gasteiger partial charge in [0.25, 0.3) is 0 Å². The molecule has 0 aliphatic rings. The normalized spacial score (nSPS) is 12.5. The molecule has 57 heavy (non-hydrogen) atoms. The van der Waals surface area contributed by atoms with Crippen LogP contribution in [0.25, 0.3) is 0 Å². The Morgan fingerprint density at radius 2 is 1.18 bits per heavy atom. The smallest absolute Gasteiger partial charge is 0.465 e. The maximum Gasteiger partial charge on any atom is 0.477 e. The summed E-state index contributed by atoms with van der Waals surface area (Å²) in [5.74, 6) is -0.611. The zero-order chi connectivity index (χ0) is 41.9. The molecule has 0 bridgehead atoms. The Kier molecular flexibility index (Phi) is 13.9. The lowest BCUT2D eigenvalue weighted by Crippen LogP contribution is -2.64. The Bertz CT molecular complexity index is 2010. The van der Waals surface area contributed by atoms with Gasteiger partial charge in [-0.05, 0) is 89.1 Å². The van der Waals surface area contributed by atoms with Gasteiger partial charge in [0.15, 0.2) is 0 Å². The monoisotopic (exact) mass is 802 g/mol. The van der Waals surface area contributed by atoms with E-state index in [1.165, 1.54) is 48.5 Å². The largest absolute Gasteiger partial charge is 0.477 e. The van der Waals surface area contributed by atoms with Crippen molar-refractivity contribution in [3.63, 3.8) is 0 Å². The van der Waals surface area contributed by atoms with Gasteiger partial charge in [0.2, 0.25) is 11.4 Å². The number of hydrogen-bond donors (Lipinski definition) is 6. The number of carbonyl (C=O) groups is 4. The molecule has 1 unspecified atom stereocenters. The van der Waals surface area contributed by atoms with Crippen LogP contribution in [0.4, 0.5) is 24.9 Å². The van der Waals surface area contributed by atoms with Gasteiger partial charge < -0.3 is 34.3 Å². The van der Waals surface area contributed by atoms with Crippen molar-refractivity contribution in [2.24, 2.45) is 0 Å². The molecule has 17 heteroatoms. The van der Waals surface area contributed by atoms with Crippen molar-refractivity contribution < 1.29 is 47.4 Å². The molecule has 0 aromatic heterocycles. The topological polar surface area (TPSA) is 218 Å². The number of alkyl carbamates (subject to hydrolysis) is 1. The molecule has 6 N–H and O–H groups in total. The Hall–Kier alpha value is -6.54. The van der Waals surface area contributed by atoms with Crippen molar-refractivity contribution in [1.82, 2.24) is 21.3 Å². The Labute approximate surface area is 330 Å². The van der Waals surface area contributed by atoms with E-state index in [9.17, 15) is 24.3 Å². The number of amides is 5. The van der Waals surface area contributed by atoms with Crippen LogP contribution in [-0.2, 0) is 27.0 Å². The molecule has 0 saturated heterocycles. The van der Waals surface area contributed by atoms with Crippen molar-refractivity contribution in [3.05, 3.63) is 126 Å². The maximum atomic E-state index is 15.4. The van der Waals surface area contributed by atoms with E-state index >= 15 is 4.57 Å². The molecular weight excluding hydrogens is 755 g/mol. The third-order valence-corrected chi connectivity index (χ3v) is 9.63. The summed E-state index contributed by atoms with van der Waals surface area (Å²) in [5.41, 5.74) is -0.872. The molecule has 0 fully saturated rings. The van der Waals surface area contributed by atoms with Gasteiger partial charge in [0, 0.05) is 13.0 Å². The van der Waals surface area contributed by atoms with Gasteiger partial charge >= 0.3 is 31.9 Å². The number of urea groups is 1. The zero-order valence-corrected chi connectivity index (χ0v) is 33.3. The van der Waals surface area contributed by atoms with Gasteiger partial charge in [-0.2, -0.15) is 0 Å². The summed E-state index contributed by atoms with van der Waals surface area (Å²) in [6.07, 6.45) is -4.23. The number of guanidine groups is 1. The molecule has 0 aliphatic heterocycles.